The molecule has 0 saturated heterocycles. The highest BCUT2D eigenvalue weighted by molar-refractivity contribution is 6.31. The van der Waals surface area contributed by atoms with Gasteiger partial charge in [0.05, 0.1) is 29.8 Å². The molecule has 6 heteroatoms. The number of fused-ring (bicyclic) bond motifs is 1. The predicted octanol–water partition coefficient (Wildman–Crippen LogP) is 5.40. The molecule has 0 spiro atoms. The molecule has 0 fully saturated rings. The topological polar surface area (TPSA) is 42.7 Å². The van der Waals surface area contributed by atoms with E-state index in [-0.39, 0.29) is 0 Å². The monoisotopic (exact) mass is 382 g/mol. The van der Waals surface area contributed by atoms with Crippen molar-refractivity contribution >= 4 is 40.2 Å². The molecule has 1 N–H and O–H groups in total. The van der Waals surface area contributed by atoms with E-state index in [1.165, 1.54) is 0 Å². The Hall–Kier alpha value is -2.56. The molecule has 2 aromatic heterocycles. The Bertz CT molecular complexity index is 1030. The van der Waals surface area contributed by atoms with Crippen molar-refractivity contribution in [2.24, 2.45) is 0 Å². The molecule has 0 aliphatic carbocycles. The first-order valence-corrected chi connectivity index (χ1v) is 8.99. The Morgan fingerprint density at radius 1 is 0.923 bits per heavy atom. The summed E-state index contributed by atoms with van der Waals surface area (Å²) < 4.78 is 2.14. The van der Waals surface area contributed by atoms with E-state index in [2.05, 4.69) is 14.9 Å². The molecule has 0 atom stereocenters. The second-order valence-corrected chi connectivity index (χ2v) is 6.83. The maximum Gasteiger partial charge on any atom is 0.204 e. The molecule has 0 aliphatic heterocycles. The molecule has 0 radical (unpaired) electrons. The zero-order valence-electron chi connectivity index (χ0n) is 13.9. The van der Waals surface area contributed by atoms with Gasteiger partial charge in [-0.1, -0.05) is 41.4 Å². The number of nitrogens with zero attached hydrogens (tertiary/aromatic N) is 3. The third-order valence-corrected chi connectivity index (χ3v) is 4.61. The van der Waals surface area contributed by atoms with Crippen molar-refractivity contribution in [2.75, 3.05) is 5.32 Å². The molecule has 26 heavy (non-hydrogen) atoms. The summed E-state index contributed by atoms with van der Waals surface area (Å²) >= 11 is 12.1. The van der Waals surface area contributed by atoms with Crippen molar-refractivity contribution in [3.05, 3.63) is 88.2 Å². The van der Waals surface area contributed by atoms with Gasteiger partial charge in [-0.3, -0.25) is 4.98 Å². The van der Waals surface area contributed by atoms with Gasteiger partial charge in [0, 0.05) is 16.2 Å². The summed E-state index contributed by atoms with van der Waals surface area (Å²) in [7, 11) is 0. The molecule has 2 aromatic carbocycles. The van der Waals surface area contributed by atoms with Gasteiger partial charge in [-0.05, 0) is 48.0 Å². The minimum atomic E-state index is 0.596. The van der Waals surface area contributed by atoms with Gasteiger partial charge >= 0.3 is 0 Å². The van der Waals surface area contributed by atoms with Crippen molar-refractivity contribution in [3.63, 3.8) is 0 Å². The Kier molecular flexibility index (Phi) is 4.78. The van der Waals surface area contributed by atoms with Crippen molar-refractivity contribution in [3.8, 4) is 0 Å². The lowest BCUT2D eigenvalue weighted by Crippen LogP contribution is -2.09. The fourth-order valence-electron chi connectivity index (χ4n) is 2.84. The first kappa shape index (κ1) is 16.9. The zero-order valence-corrected chi connectivity index (χ0v) is 15.4. The number of aromatic nitrogens is 3. The van der Waals surface area contributed by atoms with Crippen LogP contribution in [0.5, 0.6) is 0 Å². The molecule has 4 nitrogen and oxygen atoms in total. The van der Waals surface area contributed by atoms with E-state index >= 15 is 0 Å². The van der Waals surface area contributed by atoms with Gasteiger partial charge in [-0.15, -0.1) is 0 Å². The minimum absolute atomic E-state index is 0.596. The molecular weight excluding hydrogens is 367 g/mol. The Morgan fingerprint density at radius 2 is 1.73 bits per heavy atom. The first-order chi connectivity index (χ1) is 12.7. The van der Waals surface area contributed by atoms with Crippen LogP contribution in [0.25, 0.3) is 11.0 Å². The average molecular weight is 383 g/mol. The van der Waals surface area contributed by atoms with Gasteiger partial charge in [0.1, 0.15) is 0 Å². The fourth-order valence-corrected chi connectivity index (χ4v) is 3.13. The molecule has 0 amide bonds. The summed E-state index contributed by atoms with van der Waals surface area (Å²) in [5.74, 6) is 0.780. The van der Waals surface area contributed by atoms with E-state index in [1.54, 1.807) is 6.20 Å². The van der Waals surface area contributed by atoms with Crippen LogP contribution in [0.3, 0.4) is 0 Å². The molecule has 130 valence electrons. The Labute approximate surface area is 161 Å². The highest BCUT2D eigenvalue weighted by atomic mass is 35.5. The predicted molar refractivity (Wildman–Crippen MR) is 107 cm³/mol. The lowest BCUT2D eigenvalue weighted by atomic mass is 10.2. The van der Waals surface area contributed by atoms with E-state index in [4.69, 9.17) is 28.2 Å². The van der Waals surface area contributed by atoms with Gasteiger partial charge in [0.15, 0.2) is 0 Å². The third-order valence-electron chi connectivity index (χ3n) is 4.12. The summed E-state index contributed by atoms with van der Waals surface area (Å²) in [6.45, 7) is 1.28. The van der Waals surface area contributed by atoms with E-state index in [1.807, 2.05) is 60.7 Å². The van der Waals surface area contributed by atoms with Crippen LogP contribution < -0.4 is 5.32 Å². The molecule has 0 saturated carbocycles. The summed E-state index contributed by atoms with van der Waals surface area (Å²) in [5, 5.41) is 4.79. The number of rotatable bonds is 5. The third kappa shape index (κ3) is 3.66. The number of pyridine rings is 1. The normalized spacial score (nSPS) is 11.0. The summed E-state index contributed by atoms with van der Waals surface area (Å²) in [6.07, 6.45) is 1.79. The van der Waals surface area contributed by atoms with Gasteiger partial charge in [-0.2, -0.15) is 0 Å². The molecule has 0 unspecified atom stereocenters. The van der Waals surface area contributed by atoms with Crippen molar-refractivity contribution in [1.29, 1.82) is 0 Å². The Balaban J connectivity index is 1.69. The van der Waals surface area contributed by atoms with Crippen LogP contribution in [0.4, 0.5) is 5.95 Å². The van der Waals surface area contributed by atoms with Crippen molar-refractivity contribution in [1.82, 2.24) is 14.5 Å². The molecule has 4 rings (SSSR count). The van der Waals surface area contributed by atoms with Crippen LogP contribution in [-0.4, -0.2) is 14.5 Å². The molecular formula is C20H16Cl2N4. The summed E-state index contributed by atoms with van der Waals surface area (Å²) in [6, 6.07) is 19.4. The number of anilines is 1. The molecule has 2 heterocycles. The molecule has 4 aromatic rings. The van der Waals surface area contributed by atoms with Crippen LogP contribution in [-0.2, 0) is 13.1 Å². The molecule has 0 aliphatic rings. The molecule has 0 bridgehead atoms. The van der Waals surface area contributed by atoms with Crippen LogP contribution in [0.1, 0.15) is 11.3 Å². The lowest BCUT2D eigenvalue weighted by Gasteiger charge is -2.11. The van der Waals surface area contributed by atoms with Crippen LogP contribution in [0, 0.1) is 0 Å². The number of hydrogen-bond donors (Lipinski definition) is 1. The van der Waals surface area contributed by atoms with Crippen LogP contribution >= 0.6 is 23.2 Å². The fraction of sp³-hybridized carbons (Fsp3) is 0.100. The quantitative estimate of drug-likeness (QED) is 0.502. The van der Waals surface area contributed by atoms with Gasteiger partial charge < -0.3 is 9.88 Å². The Morgan fingerprint density at radius 3 is 2.50 bits per heavy atom. The number of benzene rings is 2. The largest absolute Gasteiger partial charge is 0.350 e. The highest BCUT2D eigenvalue weighted by Gasteiger charge is 2.12. The maximum absolute atomic E-state index is 6.14. The van der Waals surface area contributed by atoms with Gasteiger partial charge in [0.2, 0.25) is 5.95 Å². The maximum atomic E-state index is 6.14. The SMILES string of the molecule is Clc1ccc(Cn2c(NCc3ccccn3)nc3cc(Cl)ccc32)cc1. The summed E-state index contributed by atoms with van der Waals surface area (Å²) in [5.41, 5.74) is 3.98. The van der Waals surface area contributed by atoms with Gasteiger partial charge in [0.25, 0.3) is 0 Å². The van der Waals surface area contributed by atoms with Crippen LogP contribution in [0.2, 0.25) is 10.0 Å². The van der Waals surface area contributed by atoms with Crippen LogP contribution in [0.15, 0.2) is 66.9 Å². The minimum Gasteiger partial charge on any atom is -0.350 e. The zero-order chi connectivity index (χ0) is 17.9. The lowest BCUT2D eigenvalue weighted by molar-refractivity contribution is 0.819. The van der Waals surface area contributed by atoms with E-state index in [0.29, 0.717) is 18.1 Å². The number of halogens is 2. The summed E-state index contributed by atoms with van der Waals surface area (Å²) in [4.78, 5) is 9.07. The van der Waals surface area contributed by atoms with E-state index in [9.17, 15) is 0 Å². The van der Waals surface area contributed by atoms with Gasteiger partial charge in [-0.25, -0.2) is 4.98 Å². The number of nitrogens with one attached hydrogen (secondary N) is 1. The average Bonchev–Trinajstić information content (AvgIpc) is 2.99. The second kappa shape index (κ2) is 7.36. The smallest absolute Gasteiger partial charge is 0.204 e. The highest BCUT2D eigenvalue weighted by Crippen LogP contribution is 2.25. The number of hydrogen-bond acceptors (Lipinski definition) is 3. The van der Waals surface area contributed by atoms with E-state index in [0.717, 1.165) is 33.3 Å². The first-order valence-electron chi connectivity index (χ1n) is 8.23. The van der Waals surface area contributed by atoms with Crippen molar-refractivity contribution < 1.29 is 0 Å². The van der Waals surface area contributed by atoms with E-state index < -0.39 is 0 Å². The number of imidazole rings is 1. The standard InChI is InChI=1S/C20H16Cl2N4/c21-15-6-4-14(5-7-15)13-26-19-9-8-16(22)11-18(19)25-20(26)24-12-17-3-1-2-10-23-17/h1-11H,12-13H2,(H,24,25). The van der Waals surface area contributed by atoms with Crippen molar-refractivity contribution in [2.45, 2.75) is 13.1 Å². The second-order valence-electron chi connectivity index (χ2n) is 5.96.